The van der Waals surface area contributed by atoms with Crippen LogP contribution in [-0.2, 0) is 15.4 Å². The largest absolute Gasteiger partial charge is 0.451 e. The summed E-state index contributed by atoms with van der Waals surface area (Å²) in [5, 5.41) is 1.55. The molecule has 1 unspecified atom stereocenters. The van der Waals surface area contributed by atoms with E-state index in [1.807, 2.05) is 55.3 Å². The first-order chi connectivity index (χ1) is 18.5. The van der Waals surface area contributed by atoms with E-state index in [1.54, 1.807) is 24.3 Å². The Labute approximate surface area is 239 Å². The third kappa shape index (κ3) is 5.39. The normalized spacial score (nSPS) is 16.9. The van der Waals surface area contributed by atoms with E-state index in [4.69, 9.17) is 27.7 Å². The highest BCUT2D eigenvalue weighted by Crippen LogP contribution is 2.58. The summed E-state index contributed by atoms with van der Waals surface area (Å²) in [5.74, 6) is 2.33. The van der Waals surface area contributed by atoms with Crippen LogP contribution in [-0.4, -0.2) is 15.5 Å². The van der Waals surface area contributed by atoms with Crippen LogP contribution in [0.2, 0.25) is 10.0 Å². The van der Waals surface area contributed by atoms with Crippen molar-refractivity contribution in [2.24, 2.45) is 4.15 Å². The average molecular weight is 598 g/mol. The van der Waals surface area contributed by atoms with E-state index in [2.05, 4.69) is 35.0 Å². The first-order valence-electron chi connectivity index (χ1n) is 12.2. The first kappa shape index (κ1) is 27.5. The molecule has 5 rings (SSSR count). The molecule has 0 N–H and O–H groups in total. The van der Waals surface area contributed by atoms with Gasteiger partial charge in [0, 0.05) is 45.0 Å². The standard InChI is InChI=1S/C30H27Cl2N2O3PS/c1-30(2)27-14-7-8-15-28(27)34(3)29(30)21-38(25-12-5-4-6-13-25,37-24-11-9-10-23(32)20-24)33-39(35,36)26-18-16-22(31)17-19-26/h4-21H,1-3H3/b29-21+. The predicted octanol–water partition coefficient (Wildman–Crippen LogP) is 8.47. The summed E-state index contributed by atoms with van der Waals surface area (Å²) in [6.45, 7) is 4.24. The molecule has 1 heterocycles. The Hall–Kier alpha value is -3.02. The summed E-state index contributed by atoms with van der Waals surface area (Å²) in [7, 11) is -5.65. The molecule has 5 nitrogen and oxygen atoms in total. The minimum atomic E-state index is -4.18. The zero-order valence-electron chi connectivity index (χ0n) is 21.6. The van der Waals surface area contributed by atoms with Gasteiger partial charge in [-0.1, -0.05) is 79.5 Å². The third-order valence-electron chi connectivity index (χ3n) is 6.74. The van der Waals surface area contributed by atoms with Crippen LogP contribution in [0.25, 0.3) is 0 Å². The summed E-state index contributed by atoms with van der Waals surface area (Å²) < 4.78 is 39.1. The van der Waals surface area contributed by atoms with Gasteiger partial charge in [-0.3, -0.25) is 0 Å². The van der Waals surface area contributed by atoms with E-state index in [9.17, 15) is 8.42 Å². The highest BCUT2D eigenvalue weighted by Gasteiger charge is 2.41. The van der Waals surface area contributed by atoms with Crippen molar-refractivity contribution >= 4 is 51.5 Å². The summed E-state index contributed by atoms with van der Waals surface area (Å²) in [4.78, 5) is 2.11. The molecular formula is C30H27Cl2N2O3PS. The quantitative estimate of drug-likeness (QED) is 0.209. The summed E-state index contributed by atoms with van der Waals surface area (Å²) in [6, 6.07) is 30.3. The fourth-order valence-corrected chi connectivity index (χ4v) is 10.1. The Balaban J connectivity index is 1.84. The second kappa shape index (κ2) is 10.5. The summed E-state index contributed by atoms with van der Waals surface area (Å²) >= 11 is 12.4. The van der Waals surface area contributed by atoms with E-state index in [0.717, 1.165) is 16.9 Å². The molecule has 0 amide bonds. The molecule has 1 aliphatic rings. The smallest absolute Gasteiger partial charge is 0.284 e. The van der Waals surface area contributed by atoms with Crippen molar-refractivity contribution in [2.75, 3.05) is 11.9 Å². The fourth-order valence-electron chi connectivity index (χ4n) is 4.78. The fraction of sp³-hybridized carbons (Fsp3) is 0.133. The van der Waals surface area contributed by atoms with Gasteiger partial charge in [-0.05, 0) is 66.2 Å². The molecule has 4 aromatic carbocycles. The van der Waals surface area contributed by atoms with Gasteiger partial charge in [0.15, 0.2) is 0 Å². The van der Waals surface area contributed by atoms with Crippen molar-refractivity contribution in [3.05, 3.63) is 130 Å². The number of nitrogens with zero attached hydrogens (tertiary/aromatic N) is 2. The number of rotatable bonds is 6. The lowest BCUT2D eigenvalue weighted by molar-refractivity contribution is 0.593. The monoisotopic (exact) mass is 596 g/mol. The van der Waals surface area contributed by atoms with E-state index in [1.165, 1.54) is 24.3 Å². The Morgan fingerprint density at radius 2 is 1.51 bits per heavy atom. The number of sulfonamides is 1. The maximum atomic E-state index is 13.9. The van der Waals surface area contributed by atoms with Gasteiger partial charge in [0.25, 0.3) is 10.0 Å². The highest BCUT2D eigenvalue weighted by molar-refractivity contribution is 7.95. The molecule has 0 fully saturated rings. The minimum absolute atomic E-state index is 0.0302. The minimum Gasteiger partial charge on any atom is -0.451 e. The van der Waals surface area contributed by atoms with Gasteiger partial charge in [-0.25, -0.2) is 0 Å². The molecule has 4 aromatic rings. The Morgan fingerprint density at radius 3 is 2.18 bits per heavy atom. The molecule has 9 heteroatoms. The van der Waals surface area contributed by atoms with Gasteiger partial charge in [-0.15, -0.1) is 4.15 Å². The lowest BCUT2D eigenvalue weighted by Crippen LogP contribution is -2.24. The Kier molecular flexibility index (Phi) is 7.43. The Bertz CT molecular complexity index is 1720. The topological polar surface area (TPSA) is 59.0 Å². The lowest BCUT2D eigenvalue weighted by atomic mass is 9.84. The van der Waals surface area contributed by atoms with Crippen LogP contribution in [0.1, 0.15) is 19.4 Å². The van der Waals surface area contributed by atoms with Crippen LogP contribution in [0, 0.1) is 0 Å². The van der Waals surface area contributed by atoms with Crippen molar-refractivity contribution in [3.63, 3.8) is 0 Å². The van der Waals surface area contributed by atoms with Crippen LogP contribution < -0.4 is 14.7 Å². The van der Waals surface area contributed by atoms with E-state index < -0.39 is 22.7 Å². The van der Waals surface area contributed by atoms with Crippen molar-refractivity contribution in [1.82, 2.24) is 0 Å². The molecule has 0 saturated heterocycles. The zero-order chi connectivity index (χ0) is 27.8. The van der Waals surface area contributed by atoms with Crippen LogP contribution in [0.5, 0.6) is 5.75 Å². The zero-order valence-corrected chi connectivity index (χ0v) is 24.8. The van der Waals surface area contributed by atoms with Gasteiger partial charge in [-0.2, -0.15) is 8.42 Å². The average Bonchev–Trinajstić information content (AvgIpc) is 3.10. The van der Waals surface area contributed by atoms with E-state index in [-0.39, 0.29) is 4.90 Å². The van der Waals surface area contributed by atoms with Crippen LogP contribution in [0.4, 0.5) is 5.69 Å². The first-order valence-corrected chi connectivity index (χ1v) is 16.2. The molecule has 0 aliphatic carbocycles. The molecular weight excluding hydrogens is 570 g/mol. The van der Waals surface area contributed by atoms with Crippen molar-refractivity contribution < 1.29 is 12.9 Å². The summed E-state index contributed by atoms with van der Waals surface area (Å²) in [6.07, 6.45) is 0. The van der Waals surface area contributed by atoms with Crippen molar-refractivity contribution in [3.8, 4) is 5.75 Å². The molecule has 0 saturated carbocycles. The summed E-state index contributed by atoms with van der Waals surface area (Å²) in [5.41, 5.74) is 2.62. The van der Waals surface area contributed by atoms with E-state index >= 15 is 0 Å². The number of para-hydroxylation sites is 1. The number of likely N-dealkylation sites (N-methyl/N-ethyl adjacent to an activating group) is 1. The number of anilines is 1. The second-order valence-electron chi connectivity index (χ2n) is 9.73. The molecule has 39 heavy (non-hydrogen) atoms. The van der Waals surface area contributed by atoms with Crippen LogP contribution in [0.3, 0.4) is 0 Å². The van der Waals surface area contributed by atoms with Crippen molar-refractivity contribution in [1.29, 1.82) is 0 Å². The molecule has 0 aromatic heterocycles. The number of benzene rings is 4. The number of allylic oxidation sites excluding steroid dienone is 1. The molecule has 0 radical (unpaired) electrons. The van der Waals surface area contributed by atoms with Gasteiger partial charge in [0.05, 0.1) is 4.90 Å². The molecule has 0 spiro atoms. The molecule has 1 aliphatic heterocycles. The van der Waals surface area contributed by atoms with Crippen LogP contribution >= 0.6 is 30.5 Å². The number of hydrogen-bond donors (Lipinski definition) is 0. The Morgan fingerprint density at radius 1 is 0.846 bits per heavy atom. The van der Waals surface area contributed by atoms with Gasteiger partial charge in [0.2, 0.25) is 7.28 Å². The lowest BCUT2D eigenvalue weighted by Gasteiger charge is -2.29. The van der Waals surface area contributed by atoms with Gasteiger partial charge < -0.3 is 9.42 Å². The van der Waals surface area contributed by atoms with Gasteiger partial charge >= 0.3 is 0 Å². The highest BCUT2D eigenvalue weighted by atomic mass is 35.5. The molecule has 0 bridgehead atoms. The van der Waals surface area contributed by atoms with E-state index in [0.29, 0.717) is 21.1 Å². The van der Waals surface area contributed by atoms with Crippen LogP contribution in [0.15, 0.2) is 124 Å². The van der Waals surface area contributed by atoms with Gasteiger partial charge in [0.1, 0.15) is 5.75 Å². The maximum absolute atomic E-state index is 13.9. The number of halogens is 2. The SMILES string of the molecule is CN1/C(=C/P(=NS(=O)(=O)c2ccc(Cl)cc2)(Oc2cccc(Cl)c2)c2ccccc2)C(C)(C)c2ccccc21. The third-order valence-corrected chi connectivity index (χ3v) is 12.1. The second-order valence-corrected chi connectivity index (χ2v) is 14.9. The number of hydrogen-bond acceptors (Lipinski definition) is 4. The molecule has 200 valence electrons. The maximum Gasteiger partial charge on any atom is 0.284 e. The molecule has 1 atom stereocenters. The van der Waals surface area contributed by atoms with Crippen molar-refractivity contribution in [2.45, 2.75) is 24.2 Å². The number of fused-ring (bicyclic) bond motifs is 1. The predicted molar refractivity (Wildman–Crippen MR) is 162 cm³/mol.